The molecule has 2 aromatic rings. The number of anilines is 1. The topological polar surface area (TPSA) is 99.6 Å². The van der Waals surface area contributed by atoms with E-state index in [1.54, 1.807) is 0 Å². The summed E-state index contributed by atoms with van der Waals surface area (Å²) in [5.74, 6) is -0.458. The first-order chi connectivity index (χ1) is 12.8. The normalized spacial score (nSPS) is 15.7. The fraction of sp³-hybridized carbons (Fsp3) is 0.333. The molecule has 1 aromatic carbocycles. The molecule has 1 aliphatic rings. The van der Waals surface area contributed by atoms with Crippen LogP contribution < -0.4 is 9.62 Å². The lowest BCUT2D eigenvalue weighted by Crippen LogP contribution is -2.45. The molecule has 0 amide bonds. The van der Waals surface area contributed by atoms with E-state index in [-0.39, 0.29) is 21.5 Å². The number of pyridine rings is 1. The summed E-state index contributed by atoms with van der Waals surface area (Å²) in [4.78, 5) is 17.7. The predicted octanol–water partition coefficient (Wildman–Crippen LogP) is 2.69. The number of rotatable bonds is 5. The van der Waals surface area contributed by atoms with Gasteiger partial charge in [0.05, 0.1) is 10.5 Å². The highest BCUT2D eigenvalue weighted by Gasteiger charge is 2.28. The number of aryl methyl sites for hydroxylation is 1. The Morgan fingerprint density at radius 3 is 2.59 bits per heavy atom. The lowest BCUT2D eigenvalue weighted by molar-refractivity contribution is 0.0692. The van der Waals surface area contributed by atoms with E-state index in [4.69, 9.17) is 11.6 Å². The monoisotopic (exact) mass is 409 g/mol. The van der Waals surface area contributed by atoms with Crippen molar-refractivity contribution in [2.45, 2.75) is 30.7 Å². The lowest BCUT2D eigenvalue weighted by Gasteiger charge is -2.33. The first-order valence-electron chi connectivity index (χ1n) is 8.50. The van der Waals surface area contributed by atoms with Crippen LogP contribution in [-0.2, 0) is 10.0 Å². The standard InChI is InChI=1S/C18H20ClN3O4S/c1-12-3-2-4-17(20-12)22-9-7-14(8-10-22)21-27(25,26)16-6-5-13(19)11-15(16)18(23)24/h2-6,11,14,21H,7-10H2,1H3,(H,23,24). The summed E-state index contributed by atoms with van der Waals surface area (Å²) in [6, 6.07) is 9.27. The van der Waals surface area contributed by atoms with E-state index in [1.807, 2.05) is 25.1 Å². The number of hydrogen-bond acceptors (Lipinski definition) is 5. The van der Waals surface area contributed by atoms with Crippen molar-refractivity contribution >= 4 is 33.4 Å². The van der Waals surface area contributed by atoms with Crippen molar-refractivity contribution in [1.29, 1.82) is 0 Å². The first kappa shape index (κ1) is 19.6. The molecule has 3 rings (SSSR count). The van der Waals surface area contributed by atoms with Crippen molar-refractivity contribution in [3.05, 3.63) is 52.7 Å². The largest absolute Gasteiger partial charge is 0.478 e. The van der Waals surface area contributed by atoms with Gasteiger partial charge in [0.25, 0.3) is 0 Å². The number of sulfonamides is 1. The highest BCUT2D eigenvalue weighted by Crippen LogP contribution is 2.23. The molecular weight excluding hydrogens is 390 g/mol. The van der Waals surface area contributed by atoms with Gasteiger partial charge >= 0.3 is 5.97 Å². The molecule has 1 fully saturated rings. The van der Waals surface area contributed by atoms with Gasteiger partial charge in [0.2, 0.25) is 10.0 Å². The van der Waals surface area contributed by atoms with Crippen LogP contribution in [0.25, 0.3) is 0 Å². The molecule has 0 radical (unpaired) electrons. The van der Waals surface area contributed by atoms with Crippen molar-refractivity contribution in [3.8, 4) is 0 Å². The minimum atomic E-state index is -3.96. The Hall–Kier alpha value is -2.16. The number of carboxylic acids is 1. The molecule has 2 N–H and O–H groups in total. The minimum absolute atomic E-state index is 0.172. The minimum Gasteiger partial charge on any atom is -0.478 e. The first-order valence-corrected chi connectivity index (χ1v) is 10.4. The zero-order valence-electron chi connectivity index (χ0n) is 14.7. The summed E-state index contributed by atoms with van der Waals surface area (Å²) in [6.07, 6.45) is 1.20. The SMILES string of the molecule is Cc1cccc(N2CCC(NS(=O)(=O)c3ccc(Cl)cc3C(=O)O)CC2)n1. The smallest absolute Gasteiger partial charge is 0.337 e. The van der Waals surface area contributed by atoms with Gasteiger partial charge in [-0.25, -0.2) is 22.9 Å². The van der Waals surface area contributed by atoms with E-state index in [1.165, 1.54) is 12.1 Å². The van der Waals surface area contributed by atoms with E-state index >= 15 is 0 Å². The molecule has 7 nitrogen and oxygen atoms in total. The predicted molar refractivity (Wildman–Crippen MR) is 103 cm³/mol. The van der Waals surface area contributed by atoms with Crippen molar-refractivity contribution in [3.63, 3.8) is 0 Å². The van der Waals surface area contributed by atoms with Gasteiger partial charge in [-0.15, -0.1) is 0 Å². The van der Waals surface area contributed by atoms with Crippen molar-refractivity contribution < 1.29 is 18.3 Å². The summed E-state index contributed by atoms with van der Waals surface area (Å²) in [7, 11) is -3.96. The number of hydrogen-bond donors (Lipinski definition) is 2. The number of carboxylic acid groups (broad SMARTS) is 1. The van der Waals surface area contributed by atoms with Crippen LogP contribution in [0.2, 0.25) is 5.02 Å². The maximum Gasteiger partial charge on any atom is 0.337 e. The van der Waals surface area contributed by atoms with E-state index < -0.39 is 16.0 Å². The molecule has 0 aliphatic carbocycles. The summed E-state index contributed by atoms with van der Waals surface area (Å²) in [6.45, 7) is 3.25. The molecule has 1 saturated heterocycles. The second-order valence-electron chi connectivity index (χ2n) is 6.47. The van der Waals surface area contributed by atoms with Crippen molar-refractivity contribution in [2.75, 3.05) is 18.0 Å². The average molecular weight is 410 g/mol. The third-order valence-corrected chi connectivity index (χ3v) is 6.29. The number of nitrogens with one attached hydrogen (secondary N) is 1. The Labute approximate surface area is 163 Å². The molecule has 0 bridgehead atoms. The van der Waals surface area contributed by atoms with Gasteiger partial charge < -0.3 is 10.0 Å². The van der Waals surface area contributed by atoms with Crippen LogP contribution >= 0.6 is 11.6 Å². The van der Waals surface area contributed by atoms with Gasteiger partial charge in [0, 0.05) is 29.8 Å². The third kappa shape index (κ3) is 4.58. The summed E-state index contributed by atoms with van der Waals surface area (Å²) >= 11 is 5.80. The molecule has 9 heteroatoms. The summed E-state index contributed by atoms with van der Waals surface area (Å²) < 4.78 is 28.0. The Bertz CT molecular complexity index is 957. The van der Waals surface area contributed by atoms with E-state index in [0.717, 1.165) is 17.6 Å². The molecule has 0 unspecified atom stereocenters. The van der Waals surface area contributed by atoms with E-state index in [0.29, 0.717) is 25.9 Å². The Morgan fingerprint density at radius 2 is 1.96 bits per heavy atom. The number of nitrogens with zero attached hydrogens (tertiary/aromatic N) is 2. The molecule has 0 spiro atoms. The van der Waals surface area contributed by atoms with Gasteiger partial charge in [-0.05, 0) is 50.1 Å². The number of halogens is 1. The van der Waals surface area contributed by atoms with E-state index in [9.17, 15) is 18.3 Å². The van der Waals surface area contributed by atoms with Crippen LogP contribution in [0.1, 0.15) is 28.9 Å². The molecule has 0 saturated carbocycles. The molecule has 1 aromatic heterocycles. The zero-order chi connectivity index (χ0) is 19.6. The maximum atomic E-state index is 12.7. The Morgan fingerprint density at radius 1 is 1.26 bits per heavy atom. The second-order valence-corrected chi connectivity index (χ2v) is 8.58. The van der Waals surface area contributed by atoms with Crippen LogP contribution in [0.15, 0.2) is 41.3 Å². The van der Waals surface area contributed by atoms with Gasteiger partial charge in [-0.1, -0.05) is 17.7 Å². The van der Waals surface area contributed by atoms with Crippen LogP contribution in [0.3, 0.4) is 0 Å². The molecule has 27 heavy (non-hydrogen) atoms. The number of piperidine rings is 1. The van der Waals surface area contributed by atoms with Crippen LogP contribution in [0.5, 0.6) is 0 Å². The highest BCUT2D eigenvalue weighted by atomic mass is 35.5. The van der Waals surface area contributed by atoms with Crippen molar-refractivity contribution in [2.24, 2.45) is 0 Å². The zero-order valence-corrected chi connectivity index (χ0v) is 16.3. The fourth-order valence-corrected chi connectivity index (χ4v) is 4.77. The number of aromatic nitrogens is 1. The average Bonchev–Trinajstić information content (AvgIpc) is 2.61. The quantitative estimate of drug-likeness (QED) is 0.787. The fourth-order valence-electron chi connectivity index (χ4n) is 3.12. The number of carbonyl (C=O) groups is 1. The van der Waals surface area contributed by atoms with Crippen LogP contribution in [-0.4, -0.2) is 43.6 Å². The van der Waals surface area contributed by atoms with Gasteiger partial charge in [-0.3, -0.25) is 0 Å². The van der Waals surface area contributed by atoms with Crippen LogP contribution in [0, 0.1) is 6.92 Å². The maximum absolute atomic E-state index is 12.7. The van der Waals surface area contributed by atoms with Crippen molar-refractivity contribution in [1.82, 2.24) is 9.71 Å². The molecule has 1 aliphatic heterocycles. The second kappa shape index (κ2) is 7.84. The Kier molecular flexibility index (Phi) is 5.69. The van der Waals surface area contributed by atoms with Gasteiger partial charge in [-0.2, -0.15) is 0 Å². The number of aromatic carboxylic acids is 1. The Balaban J connectivity index is 1.71. The summed E-state index contributed by atoms with van der Waals surface area (Å²) in [5.41, 5.74) is 0.593. The summed E-state index contributed by atoms with van der Waals surface area (Å²) in [5, 5.41) is 9.45. The highest BCUT2D eigenvalue weighted by molar-refractivity contribution is 7.89. The molecule has 0 atom stereocenters. The molecule has 144 valence electrons. The van der Waals surface area contributed by atoms with E-state index in [2.05, 4.69) is 14.6 Å². The number of benzene rings is 1. The van der Waals surface area contributed by atoms with Gasteiger partial charge in [0.1, 0.15) is 5.82 Å². The lowest BCUT2D eigenvalue weighted by atomic mass is 10.1. The van der Waals surface area contributed by atoms with Crippen LogP contribution in [0.4, 0.5) is 5.82 Å². The molecular formula is C18H20ClN3O4S. The van der Waals surface area contributed by atoms with Gasteiger partial charge in [0.15, 0.2) is 0 Å². The molecule has 2 heterocycles. The third-order valence-electron chi connectivity index (χ3n) is 4.48.